The van der Waals surface area contributed by atoms with Crippen molar-refractivity contribution in [2.24, 2.45) is 23.2 Å². The van der Waals surface area contributed by atoms with E-state index in [1.54, 1.807) is 12.1 Å². The molecule has 0 N–H and O–H groups in total. The van der Waals surface area contributed by atoms with Crippen molar-refractivity contribution in [1.82, 2.24) is 0 Å². The van der Waals surface area contributed by atoms with Crippen LogP contribution in [0.1, 0.15) is 131 Å². The van der Waals surface area contributed by atoms with Crippen LogP contribution >= 0.6 is 0 Å². The topological polar surface area (TPSA) is 69.7 Å². The molecule has 2 fully saturated rings. The number of hydrogen-bond acceptors (Lipinski definition) is 5. The minimum absolute atomic E-state index is 0.0362. The molecular formula is C41H53F5O5S. The first-order valence-electron chi connectivity index (χ1n) is 19.1. The van der Waals surface area contributed by atoms with E-state index in [1.807, 2.05) is 24.3 Å². The first-order valence-corrected chi connectivity index (χ1v) is 20.5. The van der Waals surface area contributed by atoms with Crippen LogP contribution in [0.5, 0.6) is 5.75 Å². The lowest BCUT2D eigenvalue weighted by Gasteiger charge is -2.53. The van der Waals surface area contributed by atoms with E-state index < -0.39 is 35.7 Å². The van der Waals surface area contributed by atoms with Crippen LogP contribution in [0, 0.1) is 23.2 Å². The SMILES string of the molecule is CC(=O)O[C@H]1CC[C@H]2[C@@H]3[C@H](CCCCCCCCCS(=O)CCCC(F)(F)C(F)(F)F)Cc4cc(OC(=O)c5ccccc5)ccc4[C@H]3CC[C@]12C. The van der Waals surface area contributed by atoms with Gasteiger partial charge in [0.15, 0.2) is 0 Å². The van der Waals surface area contributed by atoms with Gasteiger partial charge in [-0.15, -0.1) is 0 Å². The van der Waals surface area contributed by atoms with Gasteiger partial charge < -0.3 is 9.47 Å². The minimum Gasteiger partial charge on any atom is -0.462 e. The summed E-state index contributed by atoms with van der Waals surface area (Å²) in [4.78, 5) is 24.8. The molecule has 288 valence electrons. The van der Waals surface area contributed by atoms with Gasteiger partial charge in [0, 0.05) is 41.1 Å². The number of benzene rings is 2. The second-order valence-electron chi connectivity index (χ2n) is 15.5. The molecule has 52 heavy (non-hydrogen) atoms. The van der Waals surface area contributed by atoms with E-state index in [9.17, 15) is 35.8 Å². The molecule has 2 aromatic rings. The highest BCUT2D eigenvalue weighted by molar-refractivity contribution is 7.84. The Morgan fingerprint density at radius 1 is 0.865 bits per heavy atom. The van der Waals surface area contributed by atoms with Crippen LogP contribution in [-0.4, -0.2) is 45.9 Å². The summed E-state index contributed by atoms with van der Waals surface area (Å²) in [7, 11) is -1.39. The smallest absolute Gasteiger partial charge is 0.453 e. The van der Waals surface area contributed by atoms with E-state index in [0.717, 1.165) is 77.0 Å². The van der Waals surface area contributed by atoms with E-state index in [4.69, 9.17) is 9.47 Å². The Hall–Kier alpha value is -2.82. The number of rotatable bonds is 17. The fraction of sp³-hybridized carbons (Fsp3) is 0.659. The predicted molar refractivity (Wildman–Crippen MR) is 192 cm³/mol. The van der Waals surface area contributed by atoms with E-state index in [2.05, 4.69) is 19.1 Å². The molecule has 11 heteroatoms. The Balaban J connectivity index is 1.13. The lowest BCUT2D eigenvalue weighted by Crippen LogP contribution is -2.48. The van der Waals surface area contributed by atoms with E-state index >= 15 is 0 Å². The highest BCUT2D eigenvalue weighted by Crippen LogP contribution is 2.63. The number of fused-ring (bicyclic) bond motifs is 5. The van der Waals surface area contributed by atoms with E-state index in [0.29, 0.717) is 47.2 Å². The van der Waals surface area contributed by atoms with Gasteiger partial charge in [-0.25, -0.2) is 4.79 Å². The average molecular weight is 753 g/mol. The fourth-order valence-corrected chi connectivity index (χ4v) is 10.6. The maximum atomic E-state index is 13.1. The lowest BCUT2D eigenvalue weighted by atomic mass is 9.52. The number of hydrogen-bond donors (Lipinski definition) is 0. The van der Waals surface area contributed by atoms with Gasteiger partial charge in [-0.3, -0.25) is 9.00 Å². The second-order valence-corrected chi connectivity index (χ2v) is 17.2. The third-order valence-electron chi connectivity index (χ3n) is 12.0. The minimum atomic E-state index is -5.56. The van der Waals surface area contributed by atoms with Crippen molar-refractivity contribution < 1.29 is 45.2 Å². The van der Waals surface area contributed by atoms with Gasteiger partial charge >= 0.3 is 24.0 Å². The van der Waals surface area contributed by atoms with Crippen molar-refractivity contribution in [2.75, 3.05) is 11.5 Å². The van der Waals surface area contributed by atoms with Crippen LogP contribution in [-0.2, 0) is 26.8 Å². The molecule has 0 bridgehead atoms. The van der Waals surface area contributed by atoms with Crippen LogP contribution in [0.4, 0.5) is 22.0 Å². The first kappa shape index (κ1) is 40.4. The zero-order valence-electron chi connectivity index (χ0n) is 30.4. The number of carbonyl (C=O) groups excluding carboxylic acids is 2. The summed E-state index contributed by atoms with van der Waals surface area (Å²) in [5.74, 6) is -2.73. The number of unbranched alkanes of at least 4 members (excludes halogenated alkanes) is 6. The number of ether oxygens (including phenoxy) is 2. The molecular weight excluding hydrogens is 700 g/mol. The van der Waals surface area contributed by atoms with Crippen molar-refractivity contribution in [3.05, 3.63) is 65.2 Å². The molecule has 0 saturated heterocycles. The van der Waals surface area contributed by atoms with Crippen molar-refractivity contribution in [2.45, 2.75) is 134 Å². The Labute approximate surface area is 307 Å². The molecule has 1 unspecified atom stereocenters. The largest absolute Gasteiger partial charge is 0.462 e. The summed E-state index contributed by atoms with van der Waals surface area (Å²) in [5.41, 5.74) is 3.09. The molecule has 0 aromatic heterocycles. The van der Waals surface area contributed by atoms with Gasteiger partial charge in [0.2, 0.25) is 0 Å². The van der Waals surface area contributed by atoms with Crippen LogP contribution in [0.3, 0.4) is 0 Å². The Kier molecular flexibility index (Phi) is 13.6. The Bertz CT molecular complexity index is 1530. The number of halogens is 5. The van der Waals surface area contributed by atoms with Gasteiger partial charge in [-0.05, 0) is 110 Å². The van der Waals surface area contributed by atoms with Gasteiger partial charge in [0.25, 0.3) is 0 Å². The summed E-state index contributed by atoms with van der Waals surface area (Å²) < 4.78 is 86.9. The molecule has 3 aliphatic carbocycles. The van der Waals surface area contributed by atoms with Crippen LogP contribution in [0.25, 0.3) is 0 Å². The van der Waals surface area contributed by atoms with E-state index in [1.165, 1.54) is 18.1 Å². The highest BCUT2D eigenvalue weighted by Gasteiger charge is 2.58. The summed E-state index contributed by atoms with van der Waals surface area (Å²) in [6.07, 6.45) is 5.44. The molecule has 7 atom stereocenters. The molecule has 2 aromatic carbocycles. The fourth-order valence-electron chi connectivity index (χ4n) is 9.45. The average Bonchev–Trinajstić information content (AvgIpc) is 3.41. The number of carbonyl (C=O) groups is 2. The molecule has 3 aliphatic rings. The predicted octanol–water partition coefficient (Wildman–Crippen LogP) is 10.8. The maximum absolute atomic E-state index is 13.1. The van der Waals surface area contributed by atoms with Crippen molar-refractivity contribution in [3.8, 4) is 5.75 Å². The third kappa shape index (κ3) is 9.83. The zero-order chi connectivity index (χ0) is 37.5. The molecule has 0 aliphatic heterocycles. The van der Waals surface area contributed by atoms with Crippen molar-refractivity contribution >= 4 is 22.7 Å². The molecule has 5 rings (SSSR count). The third-order valence-corrected chi connectivity index (χ3v) is 13.5. The molecule has 0 spiro atoms. The molecule has 2 saturated carbocycles. The monoisotopic (exact) mass is 752 g/mol. The standard InChI is InChI=1S/C41H53F5O5S/c1-28(47)50-36-20-19-35-37-30(16-9-6-4-3-5-7-12-24-52(49)25-13-22-40(42,43)41(44,45)46)26-31-27-32(51-38(48)29-14-10-8-11-15-29)17-18-33(31)34(37)21-23-39(35,36)2/h8,10-11,14-15,17-18,27,30,34-37H,3-7,9,12-13,16,19-26H2,1-2H3/t30-,34-,35+,36+,37-,39+,52?/m1/s1. The second kappa shape index (κ2) is 17.5. The first-order chi connectivity index (χ1) is 24.7. The highest BCUT2D eigenvalue weighted by atomic mass is 32.2. The molecule has 5 nitrogen and oxygen atoms in total. The Morgan fingerprint density at radius 3 is 2.23 bits per heavy atom. The van der Waals surface area contributed by atoms with Gasteiger partial charge in [-0.2, -0.15) is 22.0 Å². The summed E-state index contributed by atoms with van der Waals surface area (Å²) in [5, 5.41) is 0. The van der Waals surface area contributed by atoms with Crippen molar-refractivity contribution in [1.29, 1.82) is 0 Å². The summed E-state index contributed by atoms with van der Waals surface area (Å²) in [6.45, 7) is 3.83. The maximum Gasteiger partial charge on any atom is 0.453 e. The lowest BCUT2D eigenvalue weighted by molar-refractivity contribution is -0.284. The molecule has 0 amide bonds. The molecule has 0 heterocycles. The number of alkyl halides is 5. The van der Waals surface area contributed by atoms with Gasteiger partial charge in [0.1, 0.15) is 11.9 Å². The van der Waals surface area contributed by atoms with Gasteiger partial charge in [0.05, 0.1) is 5.56 Å². The van der Waals surface area contributed by atoms with Crippen molar-refractivity contribution in [3.63, 3.8) is 0 Å². The summed E-state index contributed by atoms with van der Waals surface area (Å²) in [6, 6.07) is 15.2. The van der Waals surface area contributed by atoms with Crippen LogP contribution in [0.15, 0.2) is 48.5 Å². The van der Waals surface area contributed by atoms with Gasteiger partial charge in [-0.1, -0.05) is 69.7 Å². The Morgan fingerprint density at radius 2 is 1.54 bits per heavy atom. The summed E-state index contributed by atoms with van der Waals surface area (Å²) >= 11 is 0. The molecule has 0 radical (unpaired) electrons. The quantitative estimate of drug-likeness (QED) is 0.0696. The number of esters is 2. The zero-order valence-corrected chi connectivity index (χ0v) is 31.2. The van der Waals surface area contributed by atoms with Crippen LogP contribution < -0.4 is 4.74 Å². The van der Waals surface area contributed by atoms with Crippen LogP contribution in [0.2, 0.25) is 0 Å². The normalized spacial score (nSPS) is 26.2. The van der Waals surface area contributed by atoms with E-state index in [-0.39, 0.29) is 29.2 Å².